The molecule has 5 rings (SSSR count). The van der Waals surface area contributed by atoms with Crippen molar-refractivity contribution in [3.05, 3.63) is 71.8 Å². The summed E-state index contributed by atoms with van der Waals surface area (Å²) in [5.41, 5.74) is 1.88. The van der Waals surface area contributed by atoms with E-state index in [1.807, 2.05) is 12.1 Å². The Morgan fingerprint density at radius 1 is 0.865 bits per heavy atom. The van der Waals surface area contributed by atoms with Crippen molar-refractivity contribution in [2.24, 2.45) is 0 Å². The molecule has 0 unspecified atom stereocenters. The topological polar surface area (TPSA) is 92.9 Å². The number of benzene rings is 1. The molecule has 3 N–H and O–H groups in total. The highest BCUT2D eigenvalue weighted by Crippen LogP contribution is 2.29. The van der Waals surface area contributed by atoms with Gasteiger partial charge in [0.1, 0.15) is 11.6 Å². The quantitative estimate of drug-likeness (QED) is 0.375. The highest BCUT2D eigenvalue weighted by atomic mass is 16.2. The lowest BCUT2D eigenvalue weighted by Crippen LogP contribution is -2.45. The fourth-order valence-corrected chi connectivity index (χ4v) is 6.01. The third kappa shape index (κ3) is 6.87. The standard InChI is InChI=1S/C29H41N7O/c1-35(25-5-3-2-4-6-25)26-13-11-24(12-14-26)34-19-22-7-9-23(10-8-22)29(37)36(20-27-30-15-16-31-27)21-28-32-17-18-33-28/h7-10,15-18,24-26,34H,2-6,11-14,19-21H2,1H3,(H,30,31)(H,32,33). The Morgan fingerprint density at radius 2 is 1.46 bits per heavy atom. The molecule has 0 bridgehead atoms. The maximum Gasteiger partial charge on any atom is 0.254 e. The van der Waals surface area contributed by atoms with E-state index in [9.17, 15) is 4.79 Å². The maximum atomic E-state index is 13.3. The minimum Gasteiger partial charge on any atom is -0.347 e. The lowest BCUT2D eigenvalue weighted by atomic mass is 9.87. The largest absolute Gasteiger partial charge is 0.347 e. The fourth-order valence-electron chi connectivity index (χ4n) is 6.01. The van der Waals surface area contributed by atoms with Gasteiger partial charge in [-0.3, -0.25) is 4.79 Å². The first-order valence-electron chi connectivity index (χ1n) is 14.0. The summed E-state index contributed by atoms with van der Waals surface area (Å²) in [6.45, 7) is 1.63. The molecule has 2 fully saturated rings. The number of carbonyl (C=O) groups is 1. The number of hydrogen-bond acceptors (Lipinski definition) is 5. The first-order chi connectivity index (χ1) is 18.2. The van der Waals surface area contributed by atoms with Gasteiger partial charge in [-0.05, 0) is 63.3 Å². The van der Waals surface area contributed by atoms with Crippen LogP contribution in [-0.4, -0.2) is 60.8 Å². The smallest absolute Gasteiger partial charge is 0.254 e. The van der Waals surface area contributed by atoms with Crippen molar-refractivity contribution in [3.63, 3.8) is 0 Å². The molecule has 1 aromatic carbocycles. The van der Waals surface area contributed by atoms with Crippen LogP contribution in [0.4, 0.5) is 0 Å². The zero-order valence-corrected chi connectivity index (χ0v) is 22.0. The van der Waals surface area contributed by atoms with Crippen LogP contribution in [0.3, 0.4) is 0 Å². The van der Waals surface area contributed by atoms with Crippen LogP contribution in [0.1, 0.15) is 85.4 Å². The molecule has 0 radical (unpaired) electrons. The number of aromatic amines is 2. The summed E-state index contributed by atoms with van der Waals surface area (Å²) in [5.74, 6) is 1.47. The zero-order chi connectivity index (χ0) is 25.5. The number of nitrogens with zero attached hydrogens (tertiary/aromatic N) is 4. The van der Waals surface area contributed by atoms with E-state index >= 15 is 0 Å². The molecule has 0 atom stereocenters. The van der Waals surface area contributed by atoms with Crippen LogP contribution in [0.15, 0.2) is 49.1 Å². The van der Waals surface area contributed by atoms with Crippen LogP contribution in [0.2, 0.25) is 0 Å². The van der Waals surface area contributed by atoms with E-state index < -0.39 is 0 Å². The van der Waals surface area contributed by atoms with E-state index in [0.717, 1.165) is 30.3 Å². The number of aromatic nitrogens is 4. The van der Waals surface area contributed by atoms with Crippen LogP contribution >= 0.6 is 0 Å². The summed E-state index contributed by atoms with van der Waals surface area (Å²) in [7, 11) is 2.36. The summed E-state index contributed by atoms with van der Waals surface area (Å²) in [5, 5.41) is 3.77. The van der Waals surface area contributed by atoms with Crippen LogP contribution in [-0.2, 0) is 19.6 Å². The minimum atomic E-state index is -0.0345. The third-order valence-corrected chi connectivity index (χ3v) is 8.30. The van der Waals surface area contributed by atoms with Gasteiger partial charge in [0.15, 0.2) is 0 Å². The predicted octanol–water partition coefficient (Wildman–Crippen LogP) is 4.64. The van der Waals surface area contributed by atoms with Crippen LogP contribution < -0.4 is 5.32 Å². The maximum absolute atomic E-state index is 13.3. The Morgan fingerprint density at radius 3 is 2.03 bits per heavy atom. The van der Waals surface area contributed by atoms with Crippen molar-refractivity contribution in [1.29, 1.82) is 0 Å². The number of nitrogens with one attached hydrogen (secondary N) is 3. The normalized spacial score (nSPS) is 20.8. The molecule has 0 saturated heterocycles. The Balaban J connectivity index is 1.11. The second-order valence-electron chi connectivity index (χ2n) is 10.8. The fraction of sp³-hybridized carbons (Fsp3) is 0.552. The molecule has 1 amide bonds. The monoisotopic (exact) mass is 503 g/mol. The lowest BCUT2D eigenvalue weighted by molar-refractivity contribution is 0.0721. The molecule has 8 heteroatoms. The van der Waals surface area contributed by atoms with Crippen LogP contribution in [0.5, 0.6) is 0 Å². The van der Waals surface area contributed by atoms with E-state index in [1.165, 1.54) is 63.4 Å². The van der Waals surface area contributed by atoms with E-state index in [4.69, 9.17) is 0 Å². The molecule has 8 nitrogen and oxygen atoms in total. The molecule has 37 heavy (non-hydrogen) atoms. The zero-order valence-electron chi connectivity index (χ0n) is 22.0. The number of amides is 1. The second kappa shape index (κ2) is 12.5. The average molecular weight is 504 g/mol. The summed E-state index contributed by atoms with van der Waals surface area (Å²) in [6.07, 6.45) is 19.0. The molecule has 0 aliphatic heterocycles. The van der Waals surface area contributed by atoms with Crippen molar-refractivity contribution in [3.8, 4) is 0 Å². The Kier molecular flexibility index (Phi) is 8.68. The summed E-state index contributed by atoms with van der Waals surface area (Å²) >= 11 is 0. The number of H-pyrrole nitrogens is 2. The Labute approximate surface area is 220 Å². The van der Waals surface area contributed by atoms with Gasteiger partial charge in [-0.2, -0.15) is 0 Å². The van der Waals surface area contributed by atoms with Gasteiger partial charge >= 0.3 is 0 Å². The summed E-state index contributed by atoms with van der Waals surface area (Å²) < 4.78 is 0. The Bertz CT molecular complexity index is 1030. The summed E-state index contributed by atoms with van der Waals surface area (Å²) in [6, 6.07) is 10.1. The van der Waals surface area contributed by atoms with Gasteiger partial charge in [0.25, 0.3) is 5.91 Å². The van der Waals surface area contributed by atoms with Gasteiger partial charge in [-0.1, -0.05) is 31.4 Å². The number of carbonyl (C=O) groups excluding carboxylic acids is 1. The molecule has 2 heterocycles. The van der Waals surface area contributed by atoms with E-state index in [1.54, 1.807) is 29.7 Å². The highest BCUT2D eigenvalue weighted by molar-refractivity contribution is 5.94. The second-order valence-corrected chi connectivity index (χ2v) is 10.8. The number of hydrogen-bond donors (Lipinski definition) is 3. The van der Waals surface area contributed by atoms with E-state index in [-0.39, 0.29) is 5.91 Å². The predicted molar refractivity (Wildman–Crippen MR) is 145 cm³/mol. The molecule has 3 aromatic rings. The summed E-state index contributed by atoms with van der Waals surface area (Å²) in [4.78, 5) is 32.6. The van der Waals surface area contributed by atoms with E-state index in [2.05, 4.69) is 49.3 Å². The molecular weight excluding hydrogens is 462 g/mol. The van der Waals surface area contributed by atoms with Crippen LogP contribution in [0.25, 0.3) is 0 Å². The van der Waals surface area contributed by atoms with Crippen molar-refractivity contribution < 1.29 is 4.79 Å². The van der Waals surface area contributed by atoms with Crippen molar-refractivity contribution in [2.75, 3.05) is 7.05 Å². The van der Waals surface area contributed by atoms with Crippen LogP contribution in [0, 0.1) is 0 Å². The van der Waals surface area contributed by atoms with Gasteiger partial charge in [0, 0.05) is 55.0 Å². The van der Waals surface area contributed by atoms with Gasteiger partial charge in [0.2, 0.25) is 0 Å². The molecule has 2 aliphatic rings. The van der Waals surface area contributed by atoms with Gasteiger partial charge in [0.05, 0.1) is 13.1 Å². The minimum absolute atomic E-state index is 0.0345. The molecule has 198 valence electrons. The van der Waals surface area contributed by atoms with Crippen molar-refractivity contribution in [1.82, 2.24) is 35.1 Å². The molecule has 2 aliphatic carbocycles. The first-order valence-corrected chi connectivity index (χ1v) is 14.0. The SMILES string of the molecule is CN(C1CCCCC1)C1CCC(NCc2ccc(C(=O)N(Cc3ncc[nH]3)Cc3ncc[nH]3)cc2)CC1. The molecule has 2 saturated carbocycles. The lowest BCUT2D eigenvalue weighted by Gasteiger charge is -2.40. The molecular formula is C29H41N7O. The van der Waals surface area contributed by atoms with E-state index in [0.29, 0.717) is 24.7 Å². The molecule has 2 aromatic heterocycles. The number of rotatable bonds is 10. The van der Waals surface area contributed by atoms with Gasteiger partial charge < -0.3 is 25.1 Å². The number of imidazole rings is 2. The molecule has 0 spiro atoms. The third-order valence-electron chi connectivity index (χ3n) is 8.30. The van der Waals surface area contributed by atoms with Crippen molar-refractivity contribution >= 4 is 5.91 Å². The van der Waals surface area contributed by atoms with Gasteiger partial charge in [-0.15, -0.1) is 0 Å². The van der Waals surface area contributed by atoms with Crippen molar-refractivity contribution in [2.45, 2.75) is 95.5 Å². The van der Waals surface area contributed by atoms with Gasteiger partial charge in [-0.25, -0.2) is 9.97 Å². The first kappa shape index (κ1) is 25.7. The average Bonchev–Trinajstić information content (AvgIpc) is 3.67. The Hall–Kier alpha value is -2.97. The highest BCUT2D eigenvalue weighted by Gasteiger charge is 2.28.